The highest BCUT2D eigenvalue weighted by atomic mass is 16.5. The fourth-order valence-electron chi connectivity index (χ4n) is 2.69. The third-order valence-electron chi connectivity index (χ3n) is 4.00. The number of aliphatic hydroxyl groups is 1. The molecule has 0 aliphatic rings. The minimum Gasteiger partial charge on any atom is -0.389 e. The van der Waals surface area contributed by atoms with Gasteiger partial charge in [0, 0.05) is 20.2 Å². The second kappa shape index (κ2) is 10.2. The number of nitrogens with zero attached hydrogens (tertiary/aromatic N) is 3. The molecule has 2 heterocycles. The summed E-state index contributed by atoms with van der Waals surface area (Å²) in [5, 5.41) is 13.4. The molecule has 0 fully saturated rings. The number of aromatic nitrogens is 4. The Morgan fingerprint density at radius 1 is 1.39 bits per heavy atom. The summed E-state index contributed by atoms with van der Waals surface area (Å²) in [7, 11) is 1.53. The normalized spacial score (nSPS) is 12.6. The number of aryl methyl sites for hydroxylation is 1. The first-order chi connectivity index (χ1) is 13.3. The number of rotatable bonds is 12. The molecule has 0 aromatic carbocycles. The largest absolute Gasteiger partial charge is 0.389 e. The fourth-order valence-corrected chi connectivity index (χ4v) is 2.69. The van der Waals surface area contributed by atoms with Crippen molar-refractivity contribution in [3.8, 4) is 0 Å². The Labute approximate surface area is 162 Å². The summed E-state index contributed by atoms with van der Waals surface area (Å²) in [4.78, 5) is 30.9. The monoisotopic (exact) mass is 395 g/mol. The predicted octanol–water partition coefficient (Wildman–Crippen LogP) is 0.214. The van der Waals surface area contributed by atoms with Crippen LogP contribution in [-0.2, 0) is 23.1 Å². The third-order valence-corrected chi connectivity index (χ3v) is 4.00. The average Bonchev–Trinajstić information content (AvgIpc) is 2.98. The van der Waals surface area contributed by atoms with Gasteiger partial charge in [-0.25, -0.2) is 4.79 Å². The zero-order valence-corrected chi connectivity index (χ0v) is 16.6. The van der Waals surface area contributed by atoms with Crippen LogP contribution >= 0.6 is 0 Å². The average molecular weight is 395 g/mol. The third kappa shape index (κ3) is 5.54. The minimum atomic E-state index is -0.862. The molecule has 0 aliphatic carbocycles. The van der Waals surface area contributed by atoms with Gasteiger partial charge in [-0.2, -0.15) is 4.98 Å². The lowest BCUT2D eigenvalue weighted by Crippen LogP contribution is -2.30. The molecule has 0 saturated heterocycles. The Hall–Kier alpha value is -2.43. The molecule has 0 amide bonds. The zero-order valence-electron chi connectivity index (χ0n) is 16.6. The van der Waals surface area contributed by atoms with Gasteiger partial charge in [-0.1, -0.05) is 6.08 Å². The molecule has 10 heteroatoms. The number of ether oxygens (including phenoxy) is 2. The minimum absolute atomic E-state index is 0.0804. The summed E-state index contributed by atoms with van der Waals surface area (Å²) in [6.07, 6.45) is 1.62. The number of fused-ring (bicyclic) bond motifs is 1. The molecule has 2 rings (SSSR count). The second-order valence-corrected chi connectivity index (χ2v) is 6.72. The molecular weight excluding hydrogens is 366 g/mol. The van der Waals surface area contributed by atoms with Crippen LogP contribution in [0.3, 0.4) is 0 Å². The van der Waals surface area contributed by atoms with Gasteiger partial charge in [0.25, 0.3) is 5.56 Å². The van der Waals surface area contributed by atoms with Crippen molar-refractivity contribution >= 4 is 17.1 Å². The van der Waals surface area contributed by atoms with Crippen LogP contribution in [0.4, 0.5) is 5.95 Å². The lowest BCUT2D eigenvalue weighted by Gasteiger charge is -2.15. The first-order valence-corrected chi connectivity index (χ1v) is 9.26. The van der Waals surface area contributed by atoms with Crippen LogP contribution in [0.2, 0.25) is 0 Å². The molecule has 0 spiro atoms. The summed E-state index contributed by atoms with van der Waals surface area (Å²) in [6.45, 7) is 9.12. The number of imidazole rings is 1. The molecular formula is C18H29N5O5. The molecule has 0 radical (unpaired) electrons. The van der Waals surface area contributed by atoms with Crippen LogP contribution < -0.4 is 16.6 Å². The van der Waals surface area contributed by atoms with Gasteiger partial charge in [0.15, 0.2) is 11.2 Å². The van der Waals surface area contributed by atoms with Crippen molar-refractivity contribution in [2.45, 2.75) is 39.0 Å². The van der Waals surface area contributed by atoms with Gasteiger partial charge >= 0.3 is 5.69 Å². The highest BCUT2D eigenvalue weighted by molar-refractivity contribution is 5.74. The summed E-state index contributed by atoms with van der Waals surface area (Å²) in [5.41, 5.74) is -0.644. The van der Waals surface area contributed by atoms with E-state index in [1.165, 1.54) is 11.6 Å². The SMILES string of the molecule is C=CCOC[C@H](O)Cn1c(NCCCOC(C)C)nc2c1c(=O)[nH]c(=O)n2C. The Morgan fingerprint density at radius 2 is 2.14 bits per heavy atom. The van der Waals surface area contributed by atoms with Crippen molar-refractivity contribution in [1.29, 1.82) is 0 Å². The molecule has 2 aromatic rings. The summed E-state index contributed by atoms with van der Waals surface area (Å²) in [5.74, 6) is 0.397. The lowest BCUT2D eigenvalue weighted by molar-refractivity contribution is 0.0405. The van der Waals surface area contributed by atoms with E-state index in [4.69, 9.17) is 9.47 Å². The zero-order chi connectivity index (χ0) is 20.7. The fraction of sp³-hybridized carbons (Fsp3) is 0.611. The molecule has 0 unspecified atom stereocenters. The van der Waals surface area contributed by atoms with Crippen LogP contribution in [0.15, 0.2) is 22.2 Å². The molecule has 0 saturated carbocycles. The van der Waals surface area contributed by atoms with E-state index >= 15 is 0 Å². The number of hydrogen-bond donors (Lipinski definition) is 3. The quantitative estimate of drug-likeness (QED) is 0.347. The van der Waals surface area contributed by atoms with Gasteiger partial charge < -0.3 is 24.5 Å². The van der Waals surface area contributed by atoms with Gasteiger partial charge in [-0.05, 0) is 20.3 Å². The van der Waals surface area contributed by atoms with E-state index < -0.39 is 17.4 Å². The van der Waals surface area contributed by atoms with Crippen LogP contribution in [0, 0.1) is 0 Å². The van der Waals surface area contributed by atoms with Gasteiger partial charge in [-0.3, -0.25) is 14.3 Å². The molecule has 0 aliphatic heterocycles. The van der Waals surface area contributed by atoms with Crippen LogP contribution in [-0.4, -0.2) is 62.8 Å². The molecule has 10 nitrogen and oxygen atoms in total. The Balaban J connectivity index is 2.26. The van der Waals surface area contributed by atoms with E-state index in [2.05, 4.69) is 21.9 Å². The smallest absolute Gasteiger partial charge is 0.329 e. The van der Waals surface area contributed by atoms with E-state index in [1.807, 2.05) is 13.8 Å². The highest BCUT2D eigenvalue weighted by Gasteiger charge is 2.19. The van der Waals surface area contributed by atoms with E-state index in [-0.39, 0.29) is 30.4 Å². The van der Waals surface area contributed by atoms with E-state index in [0.717, 1.165) is 6.42 Å². The number of aliphatic hydroxyl groups excluding tert-OH is 1. The Kier molecular flexibility index (Phi) is 7.97. The van der Waals surface area contributed by atoms with Gasteiger partial charge in [0.2, 0.25) is 5.95 Å². The number of anilines is 1. The van der Waals surface area contributed by atoms with Crippen LogP contribution in [0.25, 0.3) is 11.2 Å². The maximum atomic E-state index is 12.4. The number of aromatic amines is 1. The van der Waals surface area contributed by atoms with Crippen molar-refractivity contribution in [1.82, 2.24) is 19.1 Å². The maximum Gasteiger partial charge on any atom is 0.329 e. The first kappa shape index (κ1) is 21.9. The van der Waals surface area contributed by atoms with Crippen molar-refractivity contribution in [3.63, 3.8) is 0 Å². The molecule has 2 aromatic heterocycles. The molecule has 28 heavy (non-hydrogen) atoms. The van der Waals surface area contributed by atoms with Gasteiger partial charge in [0.1, 0.15) is 0 Å². The number of H-pyrrole nitrogens is 1. The van der Waals surface area contributed by atoms with Crippen molar-refractivity contribution in [2.24, 2.45) is 7.05 Å². The molecule has 0 bridgehead atoms. The molecule has 156 valence electrons. The Morgan fingerprint density at radius 3 is 2.82 bits per heavy atom. The van der Waals surface area contributed by atoms with Crippen molar-refractivity contribution < 1.29 is 14.6 Å². The molecule has 3 N–H and O–H groups in total. The predicted molar refractivity (Wildman–Crippen MR) is 107 cm³/mol. The maximum absolute atomic E-state index is 12.4. The van der Waals surface area contributed by atoms with Gasteiger partial charge in [-0.15, -0.1) is 6.58 Å². The number of hydrogen-bond acceptors (Lipinski definition) is 7. The first-order valence-electron chi connectivity index (χ1n) is 9.26. The lowest BCUT2D eigenvalue weighted by atomic mass is 10.3. The molecule has 1 atom stereocenters. The summed E-state index contributed by atoms with van der Waals surface area (Å²) >= 11 is 0. The topological polar surface area (TPSA) is 123 Å². The van der Waals surface area contributed by atoms with Gasteiger partial charge in [0.05, 0.1) is 32.0 Å². The van der Waals surface area contributed by atoms with Crippen LogP contribution in [0.1, 0.15) is 20.3 Å². The van der Waals surface area contributed by atoms with E-state index in [0.29, 0.717) is 25.7 Å². The second-order valence-electron chi connectivity index (χ2n) is 6.72. The summed E-state index contributed by atoms with van der Waals surface area (Å²) in [6, 6.07) is 0. The van der Waals surface area contributed by atoms with Crippen molar-refractivity contribution in [3.05, 3.63) is 33.5 Å². The summed E-state index contributed by atoms with van der Waals surface area (Å²) < 4.78 is 13.6. The van der Waals surface area contributed by atoms with Crippen LogP contribution in [0.5, 0.6) is 0 Å². The Bertz CT molecular complexity index is 898. The highest BCUT2D eigenvalue weighted by Crippen LogP contribution is 2.16. The standard InChI is InChI=1S/C18H29N5O5/c1-5-8-27-11-13(24)10-23-14-15(22(4)18(26)21-16(14)25)20-17(23)19-7-6-9-28-12(2)3/h5,12-13,24H,1,6-11H2,2-4H3,(H,19,20)(H,21,25,26)/t13-/m1/s1. The van der Waals surface area contributed by atoms with E-state index in [1.54, 1.807) is 10.6 Å². The number of nitrogens with one attached hydrogen (secondary N) is 2. The van der Waals surface area contributed by atoms with E-state index in [9.17, 15) is 14.7 Å². The van der Waals surface area contributed by atoms with Crippen molar-refractivity contribution in [2.75, 3.05) is 31.7 Å².